The summed E-state index contributed by atoms with van der Waals surface area (Å²) in [6.45, 7) is 5.60. The first kappa shape index (κ1) is 21.4. The minimum Gasteiger partial charge on any atom is -0.383 e. The van der Waals surface area contributed by atoms with Gasteiger partial charge in [-0.15, -0.1) is 0 Å². The number of aromatic nitrogens is 2. The monoisotopic (exact) mass is 416 g/mol. The Balaban J connectivity index is 1.62. The molecule has 1 aromatic heterocycles. The summed E-state index contributed by atoms with van der Waals surface area (Å²) in [5.41, 5.74) is -0.504. The molecular formula is C17H29N4O6P. The Morgan fingerprint density at radius 1 is 1.32 bits per heavy atom. The molecule has 4 atom stereocenters. The summed E-state index contributed by atoms with van der Waals surface area (Å²) < 4.78 is 33.4. The molecule has 28 heavy (non-hydrogen) atoms. The zero-order valence-electron chi connectivity index (χ0n) is 16.6. The minimum atomic E-state index is -2.98. The van der Waals surface area contributed by atoms with Gasteiger partial charge in [0.25, 0.3) is 13.1 Å². The Morgan fingerprint density at radius 2 is 2.11 bits per heavy atom. The second kappa shape index (κ2) is 9.02. The van der Waals surface area contributed by atoms with Crippen LogP contribution < -0.4 is 16.6 Å². The average molecular weight is 416 g/mol. The lowest BCUT2D eigenvalue weighted by atomic mass is 10.2. The lowest BCUT2D eigenvalue weighted by Gasteiger charge is -2.34. The first-order chi connectivity index (χ1) is 13.3. The molecule has 0 saturated carbocycles. The van der Waals surface area contributed by atoms with Crippen LogP contribution in [-0.2, 0) is 18.6 Å². The molecular weight excluding hydrogens is 387 g/mol. The average Bonchev–Trinajstić information content (AvgIpc) is 3.13. The number of methoxy groups -OCH3 is 1. The number of nitrogens with one attached hydrogen (secondary N) is 2. The molecule has 11 heteroatoms. The standard InChI is InChI=1S/C17H29N4O6P/c1-12-9-20(17(23)19-16(12)22)15-8-18-7-14(27-15)11-26-28(3,24)21-6-4-5-13(21)10-25-2/h9,13-15,18H,4-8,10-11H2,1-3H3,(H,19,22,23)/t13?,14-,15?,28?/m0/s1. The van der Waals surface area contributed by atoms with Gasteiger partial charge in [-0.2, -0.15) is 0 Å². The van der Waals surface area contributed by atoms with Crippen molar-refractivity contribution in [1.29, 1.82) is 0 Å². The van der Waals surface area contributed by atoms with E-state index in [1.165, 1.54) is 10.8 Å². The van der Waals surface area contributed by atoms with Crippen molar-refractivity contribution in [3.8, 4) is 0 Å². The van der Waals surface area contributed by atoms with Gasteiger partial charge in [0.15, 0.2) is 6.23 Å². The zero-order valence-corrected chi connectivity index (χ0v) is 17.4. The zero-order chi connectivity index (χ0) is 20.3. The van der Waals surface area contributed by atoms with E-state index < -0.39 is 25.0 Å². The Kier molecular flexibility index (Phi) is 6.90. The van der Waals surface area contributed by atoms with Crippen molar-refractivity contribution in [2.24, 2.45) is 0 Å². The largest absolute Gasteiger partial charge is 0.383 e. The van der Waals surface area contributed by atoms with Gasteiger partial charge in [-0.05, 0) is 19.8 Å². The van der Waals surface area contributed by atoms with Crippen LogP contribution in [0.25, 0.3) is 0 Å². The van der Waals surface area contributed by atoms with Crippen LogP contribution in [0.3, 0.4) is 0 Å². The first-order valence-corrected chi connectivity index (χ1v) is 11.5. The molecule has 0 spiro atoms. The molecule has 3 heterocycles. The number of hydrogen-bond donors (Lipinski definition) is 2. The normalized spacial score (nSPS) is 28.3. The van der Waals surface area contributed by atoms with Crippen molar-refractivity contribution in [1.82, 2.24) is 19.5 Å². The summed E-state index contributed by atoms with van der Waals surface area (Å²) in [5, 5.41) is 3.20. The predicted molar refractivity (Wildman–Crippen MR) is 104 cm³/mol. The molecule has 1 aromatic rings. The van der Waals surface area contributed by atoms with Crippen LogP contribution in [0.1, 0.15) is 24.6 Å². The number of morpholine rings is 1. The second-order valence-corrected chi connectivity index (χ2v) is 9.74. The van der Waals surface area contributed by atoms with Crippen LogP contribution in [0.15, 0.2) is 15.8 Å². The third kappa shape index (κ3) is 4.82. The summed E-state index contributed by atoms with van der Waals surface area (Å²) in [5.74, 6) is 0. The van der Waals surface area contributed by atoms with E-state index in [0.717, 1.165) is 19.4 Å². The quantitative estimate of drug-likeness (QED) is 0.610. The van der Waals surface area contributed by atoms with Gasteiger partial charge in [0.2, 0.25) is 0 Å². The van der Waals surface area contributed by atoms with E-state index in [4.69, 9.17) is 14.0 Å². The Hall–Kier alpha value is -1.29. The Bertz CT molecular complexity index is 840. The number of aryl methyl sites for hydroxylation is 1. The molecule has 3 unspecified atom stereocenters. The fourth-order valence-corrected chi connectivity index (χ4v) is 5.58. The minimum absolute atomic E-state index is 0.0988. The molecule has 2 fully saturated rings. The van der Waals surface area contributed by atoms with Crippen LogP contribution in [0.2, 0.25) is 0 Å². The number of aromatic amines is 1. The van der Waals surface area contributed by atoms with E-state index in [0.29, 0.717) is 25.3 Å². The number of H-pyrrole nitrogens is 1. The van der Waals surface area contributed by atoms with E-state index in [1.807, 2.05) is 4.67 Å². The first-order valence-electron chi connectivity index (χ1n) is 9.48. The van der Waals surface area contributed by atoms with Crippen molar-refractivity contribution < 1.29 is 18.6 Å². The van der Waals surface area contributed by atoms with Crippen molar-refractivity contribution >= 4 is 7.52 Å². The van der Waals surface area contributed by atoms with E-state index in [1.54, 1.807) is 20.7 Å². The maximum Gasteiger partial charge on any atom is 0.330 e. The highest BCUT2D eigenvalue weighted by Gasteiger charge is 2.37. The van der Waals surface area contributed by atoms with Crippen LogP contribution >= 0.6 is 7.52 Å². The molecule has 0 bridgehead atoms. The van der Waals surface area contributed by atoms with Crippen molar-refractivity contribution in [3.05, 3.63) is 32.6 Å². The molecule has 0 aliphatic carbocycles. The molecule has 0 radical (unpaired) electrons. The lowest BCUT2D eigenvalue weighted by molar-refractivity contribution is -0.0937. The number of rotatable bonds is 7. The molecule has 2 N–H and O–H groups in total. The fraction of sp³-hybridized carbons (Fsp3) is 0.765. The van der Waals surface area contributed by atoms with Crippen LogP contribution in [-0.4, -0.2) is 73.0 Å². The molecule has 0 amide bonds. The lowest BCUT2D eigenvalue weighted by Crippen LogP contribution is -2.48. The molecule has 158 valence electrons. The van der Waals surface area contributed by atoms with E-state index in [-0.39, 0.29) is 18.8 Å². The van der Waals surface area contributed by atoms with Crippen molar-refractivity contribution in [2.45, 2.75) is 38.1 Å². The van der Waals surface area contributed by atoms with Gasteiger partial charge in [0.1, 0.15) is 0 Å². The summed E-state index contributed by atoms with van der Waals surface area (Å²) in [6, 6.07) is 0.0988. The second-order valence-electron chi connectivity index (χ2n) is 7.36. The summed E-state index contributed by atoms with van der Waals surface area (Å²) >= 11 is 0. The summed E-state index contributed by atoms with van der Waals surface area (Å²) in [4.78, 5) is 25.9. The van der Waals surface area contributed by atoms with Crippen molar-refractivity contribution in [2.75, 3.05) is 46.6 Å². The highest BCUT2D eigenvalue weighted by molar-refractivity contribution is 7.55. The van der Waals surface area contributed by atoms with Gasteiger partial charge < -0.3 is 19.3 Å². The maximum absolute atomic E-state index is 13.1. The van der Waals surface area contributed by atoms with Gasteiger partial charge >= 0.3 is 5.69 Å². The molecule has 10 nitrogen and oxygen atoms in total. The van der Waals surface area contributed by atoms with E-state index in [2.05, 4.69) is 10.3 Å². The van der Waals surface area contributed by atoms with Crippen LogP contribution in [0.5, 0.6) is 0 Å². The molecule has 3 rings (SSSR count). The highest BCUT2D eigenvalue weighted by Crippen LogP contribution is 2.51. The topological polar surface area (TPSA) is 115 Å². The molecule has 2 saturated heterocycles. The molecule has 2 aliphatic heterocycles. The third-order valence-electron chi connectivity index (χ3n) is 5.17. The van der Waals surface area contributed by atoms with Gasteiger partial charge in [-0.3, -0.25) is 18.9 Å². The van der Waals surface area contributed by atoms with Gasteiger partial charge in [-0.1, -0.05) is 0 Å². The van der Waals surface area contributed by atoms with Crippen LogP contribution in [0.4, 0.5) is 0 Å². The summed E-state index contributed by atoms with van der Waals surface area (Å²) in [7, 11) is -1.34. The highest BCUT2D eigenvalue weighted by atomic mass is 31.2. The number of nitrogens with zero attached hydrogens (tertiary/aromatic N) is 2. The predicted octanol–water partition coefficient (Wildman–Crippen LogP) is 0.282. The van der Waals surface area contributed by atoms with Gasteiger partial charge in [0.05, 0.1) is 19.3 Å². The van der Waals surface area contributed by atoms with Gasteiger partial charge in [-0.25, -0.2) is 9.46 Å². The van der Waals surface area contributed by atoms with Gasteiger partial charge in [0, 0.05) is 51.2 Å². The smallest absolute Gasteiger partial charge is 0.330 e. The SMILES string of the molecule is COCC1CCCN1P(C)(=O)OC[C@@H]1CNCC(n2cc(C)c(=O)[nH]c2=O)O1. The van der Waals surface area contributed by atoms with E-state index >= 15 is 0 Å². The fourth-order valence-electron chi connectivity index (χ4n) is 3.70. The molecule has 0 aromatic carbocycles. The van der Waals surface area contributed by atoms with Crippen molar-refractivity contribution in [3.63, 3.8) is 0 Å². The van der Waals surface area contributed by atoms with Crippen LogP contribution in [0, 0.1) is 6.92 Å². The third-order valence-corrected chi connectivity index (χ3v) is 7.26. The Labute approximate surface area is 163 Å². The summed E-state index contributed by atoms with van der Waals surface area (Å²) in [6.07, 6.45) is 2.45. The number of hydrogen-bond acceptors (Lipinski definition) is 7. The van der Waals surface area contributed by atoms with E-state index in [9.17, 15) is 14.2 Å². The number of ether oxygens (including phenoxy) is 2. The maximum atomic E-state index is 13.1. The molecule has 2 aliphatic rings. The Morgan fingerprint density at radius 3 is 2.86 bits per heavy atom.